The first kappa shape index (κ1) is 7.76. The van der Waals surface area contributed by atoms with E-state index in [-0.39, 0.29) is 0 Å². The zero-order chi connectivity index (χ0) is 8.72. The number of halogens is 1. The highest BCUT2D eigenvalue weighted by molar-refractivity contribution is 7.14. The van der Waals surface area contributed by atoms with Gasteiger partial charge >= 0.3 is 0 Å². The summed E-state index contributed by atoms with van der Waals surface area (Å²) in [5.74, 6) is 0.469. The lowest BCUT2D eigenvalue weighted by atomic mass is 10.2. The fourth-order valence-corrected chi connectivity index (χ4v) is 2.11. The van der Waals surface area contributed by atoms with Crippen molar-refractivity contribution in [2.24, 2.45) is 0 Å². The van der Waals surface area contributed by atoms with Crippen molar-refractivity contribution in [3.63, 3.8) is 0 Å². The average molecular weight is 200 g/mol. The smallest absolute Gasteiger partial charge is 0.148 e. The Bertz CT molecular complexity index is 437. The molecule has 2 rings (SSSR count). The van der Waals surface area contributed by atoms with Crippen molar-refractivity contribution >= 4 is 39.0 Å². The molecular weight excluding hydrogens is 194 g/mol. The number of aromatic nitrogens is 2. The van der Waals surface area contributed by atoms with Crippen LogP contribution in [-0.2, 0) is 0 Å². The first-order chi connectivity index (χ1) is 5.70. The lowest BCUT2D eigenvalue weighted by Gasteiger charge is -1.95. The van der Waals surface area contributed by atoms with Crippen LogP contribution in [0.5, 0.6) is 0 Å². The third-order valence-corrected chi connectivity index (χ3v) is 2.94. The summed E-state index contributed by atoms with van der Waals surface area (Å²) in [6, 6.07) is 0. The van der Waals surface area contributed by atoms with Crippen molar-refractivity contribution in [2.45, 2.75) is 6.92 Å². The monoisotopic (exact) mass is 199 g/mol. The molecule has 2 aromatic rings. The summed E-state index contributed by atoms with van der Waals surface area (Å²) in [5.41, 5.74) is 6.68. The second-order valence-electron chi connectivity index (χ2n) is 2.50. The van der Waals surface area contributed by atoms with Crippen molar-refractivity contribution in [2.75, 3.05) is 5.73 Å². The maximum atomic E-state index is 5.85. The van der Waals surface area contributed by atoms with E-state index in [4.69, 9.17) is 17.3 Å². The number of fused-ring (bicyclic) bond motifs is 1. The predicted molar refractivity (Wildman–Crippen MR) is 51.6 cm³/mol. The quantitative estimate of drug-likeness (QED) is 0.662. The number of hydrogen-bond donors (Lipinski definition) is 1. The van der Waals surface area contributed by atoms with E-state index in [9.17, 15) is 0 Å². The summed E-state index contributed by atoms with van der Waals surface area (Å²) in [5, 5.41) is 1.21. The highest BCUT2D eigenvalue weighted by Gasteiger charge is 2.09. The minimum absolute atomic E-state index is 0.432. The Morgan fingerprint density at radius 2 is 2.33 bits per heavy atom. The zero-order valence-corrected chi connectivity index (χ0v) is 7.91. The van der Waals surface area contributed by atoms with Crippen molar-refractivity contribution in [3.8, 4) is 0 Å². The van der Waals surface area contributed by atoms with Crippen molar-refractivity contribution < 1.29 is 0 Å². The Labute approximate surface area is 78.3 Å². The Hall–Kier alpha value is -0.870. The largest absolute Gasteiger partial charge is 0.382 e. The molecule has 2 N–H and O–H groups in total. The first-order valence-electron chi connectivity index (χ1n) is 3.36. The summed E-state index contributed by atoms with van der Waals surface area (Å²) in [4.78, 5) is 3.99. The van der Waals surface area contributed by atoms with Gasteiger partial charge in [0.15, 0.2) is 0 Å². The highest BCUT2D eigenvalue weighted by atomic mass is 35.5. The van der Waals surface area contributed by atoms with Crippen LogP contribution in [0, 0.1) is 6.92 Å². The molecule has 0 amide bonds. The van der Waals surface area contributed by atoms with Crippen LogP contribution in [0.2, 0.25) is 5.15 Å². The van der Waals surface area contributed by atoms with Gasteiger partial charge in [-0.1, -0.05) is 11.6 Å². The number of anilines is 1. The van der Waals surface area contributed by atoms with E-state index in [0.717, 1.165) is 15.6 Å². The lowest BCUT2D eigenvalue weighted by molar-refractivity contribution is 1.32. The van der Waals surface area contributed by atoms with E-state index >= 15 is 0 Å². The average Bonchev–Trinajstić information content (AvgIpc) is 2.42. The minimum Gasteiger partial charge on any atom is -0.382 e. The van der Waals surface area contributed by atoms with Crippen molar-refractivity contribution in [1.82, 2.24) is 9.36 Å². The number of pyridine rings is 1. The molecule has 0 aliphatic heterocycles. The molecule has 2 aromatic heterocycles. The predicted octanol–water partition coefficient (Wildman–Crippen LogP) is 2.24. The second kappa shape index (κ2) is 2.57. The van der Waals surface area contributed by atoms with Gasteiger partial charge in [-0.25, -0.2) is 4.98 Å². The number of nitrogens with two attached hydrogens (primary N) is 1. The van der Waals surface area contributed by atoms with Gasteiger partial charge in [-0.3, -0.25) is 0 Å². The molecule has 0 atom stereocenters. The van der Waals surface area contributed by atoms with Gasteiger partial charge in [0.1, 0.15) is 11.0 Å². The highest BCUT2D eigenvalue weighted by Crippen LogP contribution is 2.31. The van der Waals surface area contributed by atoms with Crippen LogP contribution < -0.4 is 5.73 Å². The van der Waals surface area contributed by atoms with Gasteiger partial charge in [-0.05, 0) is 24.0 Å². The van der Waals surface area contributed by atoms with E-state index in [2.05, 4.69) is 9.36 Å². The van der Waals surface area contributed by atoms with Gasteiger partial charge in [-0.15, -0.1) is 0 Å². The molecule has 0 spiro atoms. The van der Waals surface area contributed by atoms with Crippen molar-refractivity contribution in [1.29, 1.82) is 0 Å². The van der Waals surface area contributed by atoms with E-state index in [1.54, 1.807) is 6.20 Å². The third kappa shape index (κ3) is 0.956. The van der Waals surface area contributed by atoms with Crippen LogP contribution in [0.15, 0.2) is 6.20 Å². The third-order valence-electron chi connectivity index (χ3n) is 1.65. The van der Waals surface area contributed by atoms with E-state index in [1.165, 1.54) is 11.5 Å². The van der Waals surface area contributed by atoms with Crippen LogP contribution in [0.1, 0.15) is 5.56 Å². The van der Waals surface area contributed by atoms with Crippen molar-refractivity contribution in [3.05, 3.63) is 16.9 Å². The molecule has 3 nitrogen and oxygen atoms in total. The normalized spacial score (nSPS) is 10.8. The van der Waals surface area contributed by atoms with Gasteiger partial charge < -0.3 is 5.73 Å². The molecule has 0 unspecified atom stereocenters. The molecule has 0 saturated carbocycles. The molecule has 2 heterocycles. The topological polar surface area (TPSA) is 51.8 Å². The summed E-state index contributed by atoms with van der Waals surface area (Å²) >= 11 is 7.21. The molecule has 0 aliphatic rings. The number of nitrogens with zero attached hydrogens (tertiary/aromatic N) is 2. The van der Waals surface area contributed by atoms with E-state index in [1.807, 2.05) is 6.92 Å². The number of aryl methyl sites for hydroxylation is 1. The molecule has 62 valence electrons. The first-order valence-corrected chi connectivity index (χ1v) is 4.51. The maximum Gasteiger partial charge on any atom is 0.148 e. The molecule has 0 aliphatic carbocycles. The molecule has 0 aromatic carbocycles. The minimum atomic E-state index is 0.432. The summed E-state index contributed by atoms with van der Waals surface area (Å²) < 4.78 is 5.03. The fourth-order valence-electron chi connectivity index (χ4n) is 1.05. The summed E-state index contributed by atoms with van der Waals surface area (Å²) in [7, 11) is 0. The Kier molecular flexibility index (Phi) is 1.66. The van der Waals surface area contributed by atoms with Crippen LogP contribution >= 0.6 is 23.1 Å². The summed E-state index contributed by atoms with van der Waals surface area (Å²) in [6.07, 6.45) is 1.72. The molecule has 0 fully saturated rings. The van der Waals surface area contributed by atoms with Gasteiger partial charge in [0.2, 0.25) is 0 Å². The molecular formula is C7H6ClN3S. The van der Waals surface area contributed by atoms with Crippen LogP contribution in [0.25, 0.3) is 10.1 Å². The van der Waals surface area contributed by atoms with Gasteiger partial charge in [-0.2, -0.15) is 4.37 Å². The Balaban J connectivity index is 2.98. The van der Waals surface area contributed by atoms with E-state index in [0.29, 0.717) is 11.0 Å². The van der Waals surface area contributed by atoms with Crippen LogP contribution in [0.3, 0.4) is 0 Å². The number of hydrogen-bond acceptors (Lipinski definition) is 4. The Morgan fingerprint density at radius 1 is 1.58 bits per heavy atom. The molecule has 0 saturated heterocycles. The zero-order valence-electron chi connectivity index (χ0n) is 6.34. The molecule has 5 heteroatoms. The number of nitrogen functional groups attached to an aromatic ring is 1. The van der Waals surface area contributed by atoms with Crippen LogP contribution in [0.4, 0.5) is 5.82 Å². The number of rotatable bonds is 0. The Morgan fingerprint density at radius 3 is 3.00 bits per heavy atom. The molecule has 0 radical (unpaired) electrons. The van der Waals surface area contributed by atoms with E-state index < -0.39 is 0 Å². The second-order valence-corrected chi connectivity index (χ2v) is 3.64. The standard InChI is InChI=1S/C7H6ClN3S/c1-3-2-10-6(8)4-5(3)12-11-7(4)9/h2H,1H3,(H2,9,11). The van der Waals surface area contributed by atoms with Crippen LogP contribution in [-0.4, -0.2) is 9.36 Å². The van der Waals surface area contributed by atoms with Gasteiger partial charge in [0.05, 0.1) is 10.1 Å². The maximum absolute atomic E-state index is 5.85. The fraction of sp³-hybridized carbons (Fsp3) is 0.143. The lowest BCUT2D eigenvalue weighted by Crippen LogP contribution is -1.86. The SMILES string of the molecule is Cc1cnc(Cl)c2c(N)nsc12. The molecule has 0 bridgehead atoms. The van der Waals surface area contributed by atoms with Gasteiger partial charge in [0, 0.05) is 6.20 Å². The molecule has 12 heavy (non-hydrogen) atoms. The summed E-state index contributed by atoms with van der Waals surface area (Å²) in [6.45, 7) is 1.96. The van der Waals surface area contributed by atoms with Gasteiger partial charge in [0.25, 0.3) is 0 Å².